The lowest BCUT2D eigenvalue weighted by molar-refractivity contribution is -0.385. The van der Waals surface area contributed by atoms with E-state index in [1.54, 1.807) is 11.3 Å². The molecule has 0 saturated carbocycles. The topological polar surface area (TPSA) is 78.7 Å². The maximum absolute atomic E-state index is 11.9. The highest BCUT2D eigenvalue weighted by molar-refractivity contribution is 7.09. The van der Waals surface area contributed by atoms with Crippen molar-refractivity contribution in [2.75, 3.05) is 13.7 Å². The van der Waals surface area contributed by atoms with Crippen molar-refractivity contribution in [3.8, 4) is 5.75 Å². The summed E-state index contributed by atoms with van der Waals surface area (Å²) in [6, 6.07) is 7.87. The molecular formula is C14H13NO5S. The van der Waals surface area contributed by atoms with E-state index >= 15 is 0 Å². The predicted octanol–water partition coefficient (Wildman–Crippen LogP) is 3.06. The molecule has 1 heterocycles. The van der Waals surface area contributed by atoms with Crippen molar-refractivity contribution in [2.45, 2.75) is 6.42 Å². The summed E-state index contributed by atoms with van der Waals surface area (Å²) in [5.41, 5.74) is -0.126. The normalized spacial score (nSPS) is 10.1. The number of thiophene rings is 1. The van der Waals surface area contributed by atoms with Crippen LogP contribution >= 0.6 is 11.3 Å². The Bertz CT molecular complexity index is 639. The highest BCUT2D eigenvalue weighted by Gasteiger charge is 2.18. The van der Waals surface area contributed by atoms with E-state index in [1.165, 1.54) is 19.2 Å². The molecule has 6 nitrogen and oxygen atoms in total. The number of nitrogens with zero attached hydrogens (tertiary/aromatic N) is 1. The van der Waals surface area contributed by atoms with E-state index in [0.29, 0.717) is 6.42 Å². The van der Waals surface area contributed by atoms with Crippen molar-refractivity contribution < 1.29 is 19.2 Å². The van der Waals surface area contributed by atoms with E-state index in [4.69, 9.17) is 9.47 Å². The number of hydrogen-bond donors (Lipinski definition) is 0. The standard InChI is InChI=1S/C14H13NO5S/c1-19-13-5-4-10(9-12(13)15(17)18)14(16)20-7-6-11-3-2-8-21-11/h2-5,8-9H,6-7H2,1H3. The fourth-order valence-corrected chi connectivity index (χ4v) is 2.43. The molecule has 7 heteroatoms. The summed E-state index contributed by atoms with van der Waals surface area (Å²) in [5.74, 6) is -0.479. The Morgan fingerprint density at radius 3 is 2.81 bits per heavy atom. The first kappa shape index (κ1) is 15.0. The molecule has 0 unspecified atom stereocenters. The van der Waals surface area contributed by atoms with Crippen LogP contribution in [-0.4, -0.2) is 24.6 Å². The van der Waals surface area contributed by atoms with E-state index in [2.05, 4.69) is 0 Å². The van der Waals surface area contributed by atoms with Crippen molar-refractivity contribution in [3.05, 3.63) is 56.3 Å². The number of benzene rings is 1. The van der Waals surface area contributed by atoms with Gasteiger partial charge >= 0.3 is 11.7 Å². The molecule has 0 saturated heterocycles. The van der Waals surface area contributed by atoms with Gasteiger partial charge < -0.3 is 9.47 Å². The van der Waals surface area contributed by atoms with Gasteiger partial charge in [-0.1, -0.05) is 6.07 Å². The van der Waals surface area contributed by atoms with Crippen molar-refractivity contribution >= 4 is 23.0 Å². The van der Waals surface area contributed by atoms with E-state index in [0.717, 1.165) is 10.9 Å². The number of carbonyl (C=O) groups is 1. The molecule has 0 bridgehead atoms. The quantitative estimate of drug-likeness (QED) is 0.465. The fraction of sp³-hybridized carbons (Fsp3) is 0.214. The van der Waals surface area contributed by atoms with Crippen LogP contribution in [0.2, 0.25) is 0 Å². The van der Waals surface area contributed by atoms with Gasteiger partial charge in [0.15, 0.2) is 5.75 Å². The summed E-state index contributed by atoms with van der Waals surface area (Å²) in [6.45, 7) is 0.235. The molecule has 110 valence electrons. The second kappa shape index (κ2) is 6.85. The third-order valence-corrected chi connectivity index (χ3v) is 3.71. The van der Waals surface area contributed by atoms with E-state index < -0.39 is 10.9 Å². The average Bonchev–Trinajstić information content (AvgIpc) is 2.99. The molecule has 0 radical (unpaired) electrons. The van der Waals surface area contributed by atoms with Crippen molar-refractivity contribution in [3.63, 3.8) is 0 Å². The van der Waals surface area contributed by atoms with Gasteiger partial charge in [-0.05, 0) is 23.6 Å². The molecule has 0 amide bonds. The van der Waals surface area contributed by atoms with Crippen LogP contribution < -0.4 is 4.74 Å². The van der Waals surface area contributed by atoms with Gasteiger partial charge in [-0.3, -0.25) is 10.1 Å². The summed E-state index contributed by atoms with van der Waals surface area (Å²) >= 11 is 1.58. The molecule has 0 fully saturated rings. The van der Waals surface area contributed by atoms with Gasteiger partial charge in [0.2, 0.25) is 0 Å². The van der Waals surface area contributed by atoms with Gasteiger partial charge in [-0.15, -0.1) is 11.3 Å². The van der Waals surface area contributed by atoms with Crippen molar-refractivity contribution in [1.82, 2.24) is 0 Å². The zero-order chi connectivity index (χ0) is 15.2. The van der Waals surface area contributed by atoms with Gasteiger partial charge in [-0.2, -0.15) is 0 Å². The summed E-state index contributed by atoms with van der Waals surface area (Å²) in [5, 5.41) is 12.8. The average molecular weight is 307 g/mol. The Balaban J connectivity index is 2.01. The molecule has 0 atom stereocenters. The number of methoxy groups -OCH3 is 1. The molecule has 21 heavy (non-hydrogen) atoms. The number of nitro benzene ring substituents is 1. The minimum Gasteiger partial charge on any atom is -0.490 e. The molecular weight excluding hydrogens is 294 g/mol. The minimum absolute atomic E-state index is 0.107. The number of nitro groups is 1. The van der Waals surface area contributed by atoms with Crippen LogP contribution in [0.1, 0.15) is 15.2 Å². The van der Waals surface area contributed by atoms with Crippen LogP contribution in [0.4, 0.5) is 5.69 Å². The molecule has 2 rings (SSSR count). The largest absolute Gasteiger partial charge is 0.490 e. The van der Waals surface area contributed by atoms with Crippen LogP contribution in [-0.2, 0) is 11.2 Å². The molecule has 0 aliphatic carbocycles. The number of rotatable bonds is 6. The Hall–Kier alpha value is -2.41. The summed E-state index contributed by atoms with van der Waals surface area (Å²) in [7, 11) is 1.33. The summed E-state index contributed by atoms with van der Waals surface area (Å²) in [6.07, 6.45) is 0.627. The highest BCUT2D eigenvalue weighted by Crippen LogP contribution is 2.27. The lowest BCUT2D eigenvalue weighted by Crippen LogP contribution is -2.08. The van der Waals surface area contributed by atoms with Gasteiger partial charge in [0.1, 0.15) is 0 Å². The summed E-state index contributed by atoms with van der Waals surface area (Å²) < 4.78 is 9.99. The van der Waals surface area contributed by atoms with Gasteiger partial charge in [-0.25, -0.2) is 4.79 Å². The second-order valence-electron chi connectivity index (χ2n) is 4.11. The number of ether oxygens (including phenoxy) is 2. The lowest BCUT2D eigenvalue weighted by atomic mass is 10.2. The van der Waals surface area contributed by atoms with Crippen LogP contribution in [0.15, 0.2) is 35.7 Å². The number of hydrogen-bond acceptors (Lipinski definition) is 6. The van der Waals surface area contributed by atoms with Crippen LogP contribution in [0.25, 0.3) is 0 Å². The van der Waals surface area contributed by atoms with E-state index in [1.807, 2.05) is 17.5 Å². The zero-order valence-corrected chi connectivity index (χ0v) is 12.1. The molecule has 0 spiro atoms. The van der Waals surface area contributed by atoms with Crippen molar-refractivity contribution in [1.29, 1.82) is 0 Å². The van der Waals surface area contributed by atoms with E-state index in [-0.39, 0.29) is 23.6 Å². The number of esters is 1. The zero-order valence-electron chi connectivity index (χ0n) is 11.3. The maximum Gasteiger partial charge on any atom is 0.338 e. The Kier molecular flexibility index (Phi) is 4.89. The van der Waals surface area contributed by atoms with Gasteiger partial charge in [0.25, 0.3) is 0 Å². The van der Waals surface area contributed by atoms with Gasteiger partial charge in [0.05, 0.1) is 24.2 Å². The lowest BCUT2D eigenvalue weighted by Gasteiger charge is -2.06. The Morgan fingerprint density at radius 1 is 1.38 bits per heavy atom. The molecule has 1 aromatic heterocycles. The molecule has 2 aromatic rings. The second-order valence-corrected chi connectivity index (χ2v) is 5.14. The first-order chi connectivity index (χ1) is 10.1. The third kappa shape index (κ3) is 3.79. The van der Waals surface area contributed by atoms with Crippen LogP contribution in [0, 0.1) is 10.1 Å². The Labute approximate surface area is 125 Å². The summed E-state index contributed by atoms with van der Waals surface area (Å²) in [4.78, 5) is 23.3. The predicted molar refractivity (Wildman–Crippen MR) is 78.0 cm³/mol. The third-order valence-electron chi connectivity index (χ3n) is 2.77. The smallest absolute Gasteiger partial charge is 0.338 e. The van der Waals surface area contributed by atoms with Crippen LogP contribution in [0.3, 0.4) is 0 Å². The molecule has 1 aromatic carbocycles. The monoisotopic (exact) mass is 307 g/mol. The first-order valence-corrected chi connectivity index (χ1v) is 7.01. The number of carbonyl (C=O) groups excluding carboxylic acids is 1. The fourth-order valence-electron chi connectivity index (χ4n) is 1.74. The highest BCUT2D eigenvalue weighted by atomic mass is 32.1. The van der Waals surface area contributed by atoms with Gasteiger partial charge in [0, 0.05) is 17.4 Å². The minimum atomic E-state index is -0.596. The van der Waals surface area contributed by atoms with E-state index in [9.17, 15) is 14.9 Å². The molecule has 0 aliphatic rings. The van der Waals surface area contributed by atoms with Crippen molar-refractivity contribution in [2.24, 2.45) is 0 Å². The maximum atomic E-state index is 11.9. The molecule has 0 N–H and O–H groups in total. The first-order valence-electron chi connectivity index (χ1n) is 6.13. The molecule has 0 aliphatic heterocycles. The van der Waals surface area contributed by atoms with Crippen LogP contribution in [0.5, 0.6) is 5.75 Å². The Morgan fingerprint density at radius 2 is 2.19 bits per heavy atom. The SMILES string of the molecule is COc1ccc(C(=O)OCCc2cccs2)cc1[N+](=O)[O-].